The summed E-state index contributed by atoms with van der Waals surface area (Å²) < 4.78 is 44.1. The fourth-order valence-electron chi connectivity index (χ4n) is 4.12. The molecular weight excluding hydrogens is 363 g/mol. The van der Waals surface area contributed by atoms with Crippen LogP contribution in [-0.4, -0.2) is 48.2 Å². The number of nitro groups is 1. The quantitative estimate of drug-likeness (QED) is 0.610. The molecule has 1 aliphatic heterocycles. The van der Waals surface area contributed by atoms with Crippen LogP contribution in [0.4, 0.5) is 24.5 Å². The van der Waals surface area contributed by atoms with E-state index >= 15 is 0 Å². The second-order valence-electron chi connectivity index (χ2n) is 7.22. The third-order valence-electron chi connectivity index (χ3n) is 5.60. The van der Waals surface area contributed by atoms with Crippen LogP contribution in [0.5, 0.6) is 0 Å². The average molecular weight is 387 g/mol. The number of hydrogen-bond donors (Lipinski definition) is 1. The number of benzene rings is 1. The van der Waals surface area contributed by atoms with Crippen molar-refractivity contribution in [2.24, 2.45) is 0 Å². The van der Waals surface area contributed by atoms with Crippen molar-refractivity contribution in [1.82, 2.24) is 4.90 Å². The summed E-state index contributed by atoms with van der Waals surface area (Å²) in [6.45, 7) is 3.39. The zero-order chi connectivity index (χ0) is 19.5. The number of morpholine rings is 1. The Morgan fingerprint density at radius 1 is 1.19 bits per heavy atom. The maximum atomic E-state index is 12.9. The molecule has 0 atom stereocenters. The van der Waals surface area contributed by atoms with Gasteiger partial charge in [-0.2, -0.15) is 13.2 Å². The molecule has 1 aliphatic carbocycles. The van der Waals surface area contributed by atoms with E-state index in [0.29, 0.717) is 25.8 Å². The summed E-state index contributed by atoms with van der Waals surface area (Å²) >= 11 is 0. The summed E-state index contributed by atoms with van der Waals surface area (Å²) in [6, 6.07) is 2.65. The lowest BCUT2D eigenvalue weighted by Gasteiger charge is -2.48. The van der Waals surface area contributed by atoms with Gasteiger partial charge in [0.2, 0.25) is 0 Å². The van der Waals surface area contributed by atoms with Gasteiger partial charge in [0.15, 0.2) is 0 Å². The third-order valence-corrected chi connectivity index (χ3v) is 5.60. The molecule has 0 unspecified atom stereocenters. The van der Waals surface area contributed by atoms with Gasteiger partial charge in [-0.15, -0.1) is 0 Å². The summed E-state index contributed by atoms with van der Waals surface area (Å²) in [4.78, 5) is 12.9. The van der Waals surface area contributed by atoms with E-state index in [1.54, 1.807) is 0 Å². The van der Waals surface area contributed by atoms with Gasteiger partial charge in [0.1, 0.15) is 5.69 Å². The molecule has 1 heterocycles. The van der Waals surface area contributed by atoms with E-state index in [1.807, 2.05) is 0 Å². The molecule has 3 rings (SSSR count). The Kier molecular flexibility index (Phi) is 5.90. The van der Waals surface area contributed by atoms with Crippen LogP contribution in [0.2, 0.25) is 0 Å². The van der Waals surface area contributed by atoms with Crippen molar-refractivity contribution in [2.75, 3.05) is 38.2 Å². The van der Waals surface area contributed by atoms with E-state index in [-0.39, 0.29) is 11.2 Å². The standard InChI is InChI=1S/C18H24F3N3O3/c19-18(20,21)14-4-5-15(16(12-14)24(25)26)22-13-17(6-2-1-3-7-17)23-8-10-27-11-9-23/h4-5,12,22H,1-3,6-11,13H2. The van der Waals surface area contributed by atoms with Crippen LogP contribution < -0.4 is 5.32 Å². The van der Waals surface area contributed by atoms with Crippen molar-refractivity contribution in [1.29, 1.82) is 0 Å². The van der Waals surface area contributed by atoms with E-state index in [4.69, 9.17) is 4.74 Å². The number of hydrogen-bond acceptors (Lipinski definition) is 5. The molecule has 1 aromatic carbocycles. The van der Waals surface area contributed by atoms with Crippen molar-refractivity contribution < 1.29 is 22.8 Å². The zero-order valence-electron chi connectivity index (χ0n) is 15.1. The van der Waals surface area contributed by atoms with Crippen molar-refractivity contribution in [3.63, 3.8) is 0 Å². The molecule has 0 bridgehead atoms. The van der Waals surface area contributed by atoms with Crippen molar-refractivity contribution in [3.8, 4) is 0 Å². The molecule has 1 N–H and O–H groups in total. The molecule has 1 saturated heterocycles. The van der Waals surface area contributed by atoms with E-state index in [1.165, 1.54) is 0 Å². The van der Waals surface area contributed by atoms with Gasteiger partial charge in [-0.3, -0.25) is 15.0 Å². The van der Waals surface area contributed by atoms with Gasteiger partial charge in [-0.25, -0.2) is 0 Å². The smallest absolute Gasteiger partial charge is 0.379 e. The topological polar surface area (TPSA) is 67.6 Å². The number of nitrogens with one attached hydrogen (secondary N) is 1. The normalized spacial score (nSPS) is 21.0. The highest BCUT2D eigenvalue weighted by atomic mass is 19.4. The second kappa shape index (κ2) is 8.02. The van der Waals surface area contributed by atoms with Crippen LogP contribution in [0, 0.1) is 10.1 Å². The number of anilines is 1. The third kappa shape index (κ3) is 4.52. The number of alkyl halides is 3. The molecule has 150 valence electrons. The predicted molar refractivity (Wildman–Crippen MR) is 94.8 cm³/mol. The Morgan fingerprint density at radius 3 is 2.44 bits per heavy atom. The molecule has 0 radical (unpaired) electrons. The molecule has 1 aromatic rings. The minimum Gasteiger partial charge on any atom is -0.379 e. The molecular formula is C18H24F3N3O3. The SMILES string of the molecule is O=[N+]([O-])c1cc(C(F)(F)F)ccc1NCC1(N2CCOCC2)CCCCC1. The van der Waals surface area contributed by atoms with Crippen molar-refractivity contribution in [3.05, 3.63) is 33.9 Å². The molecule has 1 saturated carbocycles. The highest BCUT2D eigenvalue weighted by molar-refractivity contribution is 5.63. The summed E-state index contributed by atoms with van der Waals surface area (Å²) in [6.07, 6.45) is 0.638. The van der Waals surface area contributed by atoms with Crippen molar-refractivity contribution in [2.45, 2.75) is 43.8 Å². The highest BCUT2D eigenvalue weighted by Crippen LogP contribution is 2.37. The van der Waals surface area contributed by atoms with E-state index in [2.05, 4.69) is 10.2 Å². The lowest BCUT2D eigenvalue weighted by atomic mass is 9.79. The summed E-state index contributed by atoms with van der Waals surface area (Å²) in [5.41, 5.74) is -1.57. The minimum absolute atomic E-state index is 0.131. The van der Waals surface area contributed by atoms with E-state index in [0.717, 1.165) is 57.3 Å². The number of ether oxygens (including phenoxy) is 1. The van der Waals surface area contributed by atoms with Crippen LogP contribution in [0.3, 0.4) is 0 Å². The van der Waals surface area contributed by atoms with Gasteiger partial charge < -0.3 is 10.1 Å². The van der Waals surface area contributed by atoms with Crippen LogP contribution in [0.1, 0.15) is 37.7 Å². The minimum atomic E-state index is -4.61. The molecule has 27 heavy (non-hydrogen) atoms. The van der Waals surface area contributed by atoms with E-state index in [9.17, 15) is 23.3 Å². The van der Waals surface area contributed by atoms with Gasteiger partial charge in [-0.1, -0.05) is 19.3 Å². The first-order chi connectivity index (χ1) is 12.8. The summed E-state index contributed by atoms with van der Waals surface area (Å²) in [5.74, 6) is 0. The van der Waals surface area contributed by atoms with Gasteiger partial charge in [0, 0.05) is 31.2 Å². The van der Waals surface area contributed by atoms with E-state index < -0.39 is 22.4 Å². The van der Waals surface area contributed by atoms with Crippen molar-refractivity contribution >= 4 is 11.4 Å². The highest BCUT2D eigenvalue weighted by Gasteiger charge is 2.39. The maximum absolute atomic E-state index is 12.9. The average Bonchev–Trinajstić information content (AvgIpc) is 2.67. The molecule has 0 spiro atoms. The Balaban J connectivity index is 1.81. The number of nitro benzene ring substituents is 1. The summed E-state index contributed by atoms with van der Waals surface area (Å²) in [7, 11) is 0. The maximum Gasteiger partial charge on any atom is 0.416 e. The lowest BCUT2D eigenvalue weighted by molar-refractivity contribution is -0.384. The molecule has 6 nitrogen and oxygen atoms in total. The Bertz CT molecular complexity index is 670. The predicted octanol–water partition coefficient (Wildman–Crippen LogP) is 4.06. The van der Waals surface area contributed by atoms with Gasteiger partial charge in [0.25, 0.3) is 5.69 Å². The Labute approximate surface area is 155 Å². The second-order valence-corrected chi connectivity index (χ2v) is 7.22. The Morgan fingerprint density at radius 2 is 1.85 bits per heavy atom. The first kappa shape index (κ1) is 19.9. The first-order valence-electron chi connectivity index (χ1n) is 9.24. The molecule has 2 fully saturated rings. The van der Waals surface area contributed by atoms with Crippen LogP contribution >= 0.6 is 0 Å². The van der Waals surface area contributed by atoms with Crippen LogP contribution in [-0.2, 0) is 10.9 Å². The Hall–Kier alpha value is -1.87. The number of nitrogens with zero attached hydrogens (tertiary/aromatic N) is 2. The number of rotatable bonds is 5. The van der Waals surface area contributed by atoms with Gasteiger partial charge in [0.05, 0.1) is 23.7 Å². The lowest BCUT2D eigenvalue weighted by Crippen LogP contribution is -2.58. The largest absolute Gasteiger partial charge is 0.416 e. The fourth-order valence-corrected chi connectivity index (χ4v) is 4.12. The monoisotopic (exact) mass is 387 g/mol. The fraction of sp³-hybridized carbons (Fsp3) is 0.667. The van der Waals surface area contributed by atoms with Gasteiger partial charge in [-0.05, 0) is 25.0 Å². The molecule has 9 heteroatoms. The van der Waals surface area contributed by atoms with Gasteiger partial charge >= 0.3 is 6.18 Å². The van der Waals surface area contributed by atoms with Crippen LogP contribution in [0.25, 0.3) is 0 Å². The van der Waals surface area contributed by atoms with Crippen LogP contribution in [0.15, 0.2) is 18.2 Å². The summed E-state index contributed by atoms with van der Waals surface area (Å²) in [5, 5.41) is 14.4. The molecule has 2 aliphatic rings. The first-order valence-corrected chi connectivity index (χ1v) is 9.24. The zero-order valence-corrected chi connectivity index (χ0v) is 15.1. The molecule has 0 amide bonds. The number of halogens is 3. The molecule has 0 aromatic heterocycles.